The number of carbonyl (C=O) groups excluding carboxylic acids is 1. The molecule has 0 saturated carbocycles. The minimum Gasteiger partial charge on any atom is -0.395 e. The molecule has 1 heterocycles. The summed E-state index contributed by atoms with van der Waals surface area (Å²) in [5.41, 5.74) is 0. The SMILES string of the molecule is O=C(c1ccc(Cl)s1)N(CCO)CC(F)(F)F. The third-order valence-electron chi connectivity index (χ3n) is 1.81. The molecule has 0 atom stereocenters. The van der Waals surface area contributed by atoms with Crippen LogP contribution >= 0.6 is 22.9 Å². The molecule has 1 N–H and O–H groups in total. The standard InChI is InChI=1S/C9H9ClF3NO2S/c10-7-2-1-6(17-7)8(16)14(3-4-15)5-9(11,12)13/h1-2,15H,3-5H2. The maximum atomic E-state index is 12.2. The van der Waals surface area contributed by atoms with E-state index in [9.17, 15) is 18.0 Å². The fraction of sp³-hybridized carbons (Fsp3) is 0.444. The van der Waals surface area contributed by atoms with Gasteiger partial charge in [-0.15, -0.1) is 11.3 Å². The average Bonchev–Trinajstić information content (AvgIpc) is 2.61. The number of thiophene rings is 1. The highest BCUT2D eigenvalue weighted by atomic mass is 35.5. The Morgan fingerprint density at radius 2 is 2.12 bits per heavy atom. The van der Waals surface area contributed by atoms with Crippen molar-refractivity contribution in [2.45, 2.75) is 6.18 Å². The summed E-state index contributed by atoms with van der Waals surface area (Å²) in [4.78, 5) is 12.4. The topological polar surface area (TPSA) is 40.5 Å². The molecule has 0 aliphatic rings. The Morgan fingerprint density at radius 1 is 1.47 bits per heavy atom. The molecule has 0 fully saturated rings. The first-order valence-corrected chi connectivity index (χ1v) is 5.75. The lowest BCUT2D eigenvalue weighted by atomic mass is 10.3. The van der Waals surface area contributed by atoms with Crippen LogP contribution in [0.4, 0.5) is 13.2 Å². The van der Waals surface area contributed by atoms with Crippen LogP contribution in [0.3, 0.4) is 0 Å². The highest BCUT2D eigenvalue weighted by molar-refractivity contribution is 7.17. The second-order valence-corrected chi connectivity index (χ2v) is 4.88. The third-order valence-corrected chi connectivity index (χ3v) is 3.03. The van der Waals surface area contributed by atoms with Crippen molar-refractivity contribution in [3.63, 3.8) is 0 Å². The van der Waals surface area contributed by atoms with Gasteiger partial charge in [0.25, 0.3) is 5.91 Å². The maximum absolute atomic E-state index is 12.2. The van der Waals surface area contributed by atoms with Crippen LogP contribution in [-0.2, 0) is 0 Å². The van der Waals surface area contributed by atoms with Crippen molar-refractivity contribution in [3.8, 4) is 0 Å². The Morgan fingerprint density at radius 3 is 2.53 bits per heavy atom. The Kier molecular flexibility index (Phi) is 4.79. The largest absolute Gasteiger partial charge is 0.406 e. The van der Waals surface area contributed by atoms with Gasteiger partial charge in [0.1, 0.15) is 6.54 Å². The molecule has 8 heteroatoms. The summed E-state index contributed by atoms with van der Waals surface area (Å²) in [6.45, 7) is -2.28. The molecule has 0 saturated heterocycles. The minimum absolute atomic E-state index is 0.118. The fourth-order valence-corrected chi connectivity index (χ4v) is 2.19. The van der Waals surface area contributed by atoms with E-state index in [1.54, 1.807) is 0 Å². The third kappa shape index (κ3) is 4.53. The first-order chi connectivity index (χ1) is 7.83. The summed E-state index contributed by atoms with van der Waals surface area (Å²) in [6.07, 6.45) is -4.49. The van der Waals surface area contributed by atoms with Crippen molar-refractivity contribution in [1.82, 2.24) is 4.90 Å². The Hall–Kier alpha value is -0.790. The smallest absolute Gasteiger partial charge is 0.395 e. The molecule has 0 bridgehead atoms. The van der Waals surface area contributed by atoms with Gasteiger partial charge in [-0.05, 0) is 12.1 Å². The van der Waals surface area contributed by atoms with E-state index in [2.05, 4.69) is 0 Å². The van der Waals surface area contributed by atoms with E-state index in [0.29, 0.717) is 9.24 Å². The Balaban J connectivity index is 2.80. The summed E-state index contributed by atoms with van der Waals surface area (Å²) >= 11 is 6.50. The molecule has 1 aromatic rings. The van der Waals surface area contributed by atoms with Crippen LogP contribution in [0.1, 0.15) is 9.67 Å². The summed E-state index contributed by atoms with van der Waals surface area (Å²) in [5.74, 6) is -0.784. The maximum Gasteiger partial charge on any atom is 0.406 e. The zero-order valence-corrected chi connectivity index (χ0v) is 10.1. The van der Waals surface area contributed by atoms with E-state index >= 15 is 0 Å². The number of hydrogen-bond acceptors (Lipinski definition) is 3. The Bertz CT molecular complexity index is 394. The second-order valence-electron chi connectivity index (χ2n) is 3.17. The number of aliphatic hydroxyl groups excluding tert-OH is 1. The van der Waals surface area contributed by atoms with Crippen LogP contribution in [0.2, 0.25) is 4.34 Å². The van der Waals surface area contributed by atoms with Gasteiger partial charge >= 0.3 is 6.18 Å². The Labute approximate surface area is 104 Å². The molecule has 96 valence electrons. The molecule has 0 unspecified atom stereocenters. The number of nitrogens with zero attached hydrogens (tertiary/aromatic N) is 1. The van der Waals surface area contributed by atoms with Gasteiger partial charge < -0.3 is 10.0 Å². The van der Waals surface area contributed by atoms with Crippen molar-refractivity contribution in [3.05, 3.63) is 21.3 Å². The number of alkyl halides is 3. The van der Waals surface area contributed by atoms with Gasteiger partial charge in [-0.2, -0.15) is 13.2 Å². The molecule has 0 aliphatic carbocycles. The first-order valence-electron chi connectivity index (χ1n) is 4.55. The summed E-state index contributed by atoms with van der Waals surface area (Å²) in [6, 6.07) is 2.79. The van der Waals surface area contributed by atoms with Gasteiger partial charge in [0.2, 0.25) is 0 Å². The van der Waals surface area contributed by atoms with Gasteiger partial charge in [0.15, 0.2) is 0 Å². The average molecular weight is 288 g/mol. The lowest BCUT2D eigenvalue weighted by molar-refractivity contribution is -0.141. The van der Waals surface area contributed by atoms with Gasteiger partial charge in [-0.3, -0.25) is 4.79 Å². The number of aliphatic hydroxyl groups is 1. The van der Waals surface area contributed by atoms with E-state index < -0.39 is 25.2 Å². The number of carbonyl (C=O) groups is 1. The van der Waals surface area contributed by atoms with Crippen LogP contribution in [0.15, 0.2) is 12.1 Å². The van der Waals surface area contributed by atoms with Gasteiger partial charge in [0, 0.05) is 6.54 Å². The number of rotatable bonds is 4. The van der Waals surface area contributed by atoms with Crippen molar-refractivity contribution >= 4 is 28.8 Å². The van der Waals surface area contributed by atoms with Crippen molar-refractivity contribution in [2.24, 2.45) is 0 Å². The molecule has 0 spiro atoms. The van der Waals surface area contributed by atoms with Crippen molar-refractivity contribution in [1.29, 1.82) is 0 Å². The minimum atomic E-state index is -4.49. The normalized spacial score (nSPS) is 11.6. The molecule has 0 aromatic carbocycles. The van der Waals surface area contributed by atoms with Crippen LogP contribution < -0.4 is 0 Å². The summed E-state index contributed by atoms with van der Waals surface area (Å²) in [5, 5.41) is 8.65. The van der Waals surface area contributed by atoms with Crippen molar-refractivity contribution < 1.29 is 23.1 Å². The molecular formula is C9H9ClF3NO2S. The van der Waals surface area contributed by atoms with E-state index in [0.717, 1.165) is 11.3 Å². The predicted octanol–water partition coefficient (Wildman–Crippen LogP) is 2.40. The first kappa shape index (κ1) is 14.3. The molecule has 1 rings (SSSR count). The van der Waals surface area contributed by atoms with Crippen LogP contribution in [0.5, 0.6) is 0 Å². The molecule has 1 aromatic heterocycles. The van der Waals surface area contributed by atoms with Gasteiger partial charge in [-0.25, -0.2) is 0 Å². The number of amides is 1. The predicted molar refractivity (Wildman–Crippen MR) is 58.4 cm³/mol. The van der Waals surface area contributed by atoms with Crippen LogP contribution in [0, 0.1) is 0 Å². The quantitative estimate of drug-likeness (QED) is 0.924. The molecule has 17 heavy (non-hydrogen) atoms. The molecule has 1 amide bonds. The molecule has 3 nitrogen and oxygen atoms in total. The lowest BCUT2D eigenvalue weighted by Crippen LogP contribution is -2.40. The van der Waals surface area contributed by atoms with E-state index in [1.165, 1.54) is 12.1 Å². The second kappa shape index (κ2) is 5.70. The summed E-state index contributed by atoms with van der Waals surface area (Å²) in [7, 11) is 0. The zero-order chi connectivity index (χ0) is 13.1. The number of halogens is 4. The van der Waals surface area contributed by atoms with E-state index in [4.69, 9.17) is 16.7 Å². The lowest BCUT2D eigenvalue weighted by Gasteiger charge is -2.22. The van der Waals surface area contributed by atoms with Gasteiger partial charge in [-0.1, -0.05) is 11.6 Å². The highest BCUT2D eigenvalue weighted by Gasteiger charge is 2.33. The monoisotopic (exact) mass is 287 g/mol. The molecule has 0 radical (unpaired) electrons. The molecule has 0 aliphatic heterocycles. The fourth-order valence-electron chi connectivity index (χ4n) is 1.17. The number of hydrogen-bond donors (Lipinski definition) is 1. The van der Waals surface area contributed by atoms with Crippen molar-refractivity contribution in [2.75, 3.05) is 19.7 Å². The summed E-state index contributed by atoms with van der Waals surface area (Å²) < 4.78 is 37.0. The highest BCUT2D eigenvalue weighted by Crippen LogP contribution is 2.24. The van der Waals surface area contributed by atoms with E-state index in [1.807, 2.05) is 0 Å². The van der Waals surface area contributed by atoms with E-state index in [-0.39, 0.29) is 11.4 Å². The molecular weight excluding hydrogens is 279 g/mol. The van der Waals surface area contributed by atoms with Crippen LogP contribution in [-0.4, -0.2) is 41.8 Å². The van der Waals surface area contributed by atoms with Crippen LogP contribution in [0.25, 0.3) is 0 Å². The van der Waals surface area contributed by atoms with Gasteiger partial charge in [0.05, 0.1) is 15.8 Å². The zero-order valence-electron chi connectivity index (χ0n) is 8.50.